The van der Waals surface area contributed by atoms with Crippen molar-refractivity contribution in [3.63, 3.8) is 0 Å². The minimum absolute atomic E-state index is 0.0568. The molecule has 0 spiro atoms. The number of carbonyl (C=O) groups is 1. The molecule has 2 heterocycles. The minimum Gasteiger partial charge on any atom is -0.481 e. The summed E-state index contributed by atoms with van der Waals surface area (Å²) in [5.74, 6) is 0.909. The molecule has 2 aliphatic rings. The molecule has 0 atom stereocenters. The Morgan fingerprint density at radius 3 is 2.50 bits per heavy atom. The average Bonchev–Trinajstić information content (AvgIpc) is 3.24. The lowest BCUT2D eigenvalue weighted by atomic mass is 9.77. The van der Waals surface area contributed by atoms with Crippen molar-refractivity contribution in [1.82, 2.24) is 14.9 Å². The first kappa shape index (κ1) is 18.7. The van der Waals surface area contributed by atoms with Crippen molar-refractivity contribution in [2.75, 3.05) is 38.2 Å². The number of benzene rings is 1. The Hall–Kier alpha value is -2.70. The monoisotopic (exact) mass is 384 g/mol. The third-order valence-corrected chi connectivity index (χ3v) is 5.93. The number of hydrogen-bond acceptors (Lipinski definition) is 5. The Morgan fingerprint density at radius 2 is 1.82 bits per heavy atom. The molecule has 0 unspecified atom stereocenters. The number of ether oxygens (including phenoxy) is 1. The number of hydrogen-bond donors (Lipinski definition) is 0. The van der Waals surface area contributed by atoms with Gasteiger partial charge in [0.05, 0.1) is 12.5 Å². The number of nitrogens with zero attached hydrogens (tertiary/aromatic N) is 4. The van der Waals surface area contributed by atoms with E-state index in [4.69, 9.17) is 4.74 Å². The molecule has 0 radical (unpaired) electrons. The quantitative estimate of drug-likeness (QED) is 0.811. The summed E-state index contributed by atoms with van der Waals surface area (Å²) in [6, 6.07) is 8.45. The second-order valence-electron chi connectivity index (χ2n) is 7.45. The van der Waals surface area contributed by atoms with Gasteiger partial charge in [-0.3, -0.25) is 4.79 Å². The van der Waals surface area contributed by atoms with E-state index >= 15 is 0 Å². The highest BCUT2D eigenvalue weighted by Crippen LogP contribution is 2.43. The Labute approximate surface area is 164 Å². The molecule has 28 heavy (non-hydrogen) atoms. The molecule has 7 heteroatoms. The lowest BCUT2D eigenvalue weighted by molar-refractivity contribution is -0.137. The fourth-order valence-electron chi connectivity index (χ4n) is 4.44. The smallest absolute Gasteiger partial charge is 0.233 e. The molecular weight excluding hydrogens is 359 g/mol. The number of carbonyl (C=O) groups excluding carboxylic acids is 1. The lowest BCUT2D eigenvalue weighted by Gasteiger charge is -2.40. The first-order chi connectivity index (χ1) is 13.6. The molecule has 0 N–H and O–H groups in total. The van der Waals surface area contributed by atoms with Crippen molar-refractivity contribution >= 4 is 11.9 Å². The summed E-state index contributed by atoms with van der Waals surface area (Å²) in [6.45, 7) is 2.45. The Bertz CT molecular complexity index is 846. The molecule has 6 nitrogen and oxygen atoms in total. The van der Waals surface area contributed by atoms with Crippen LogP contribution in [0.1, 0.15) is 31.2 Å². The summed E-state index contributed by atoms with van der Waals surface area (Å²) in [6.07, 6.45) is 5.01. The molecule has 0 bridgehead atoms. The van der Waals surface area contributed by atoms with E-state index in [0.717, 1.165) is 12.8 Å². The highest BCUT2D eigenvalue weighted by Gasteiger charge is 2.46. The van der Waals surface area contributed by atoms with Gasteiger partial charge >= 0.3 is 0 Å². The predicted octanol–water partition coefficient (Wildman–Crippen LogP) is 2.78. The zero-order valence-electron chi connectivity index (χ0n) is 16.1. The maximum atomic E-state index is 14.6. The van der Waals surface area contributed by atoms with E-state index in [2.05, 4.69) is 14.9 Å². The van der Waals surface area contributed by atoms with Gasteiger partial charge in [-0.1, -0.05) is 31.0 Å². The number of methoxy groups -OCH3 is 1. The van der Waals surface area contributed by atoms with Crippen molar-refractivity contribution in [2.24, 2.45) is 0 Å². The first-order valence-electron chi connectivity index (χ1n) is 9.80. The Morgan fingerprint density at radius 1 is 1.11 bits per heavy atom. The molecule has 1 saturated carbocycles. The predicted molar refractivity (Wildman–Crippen MR) is 104 cm³/mol. The van der Waals surface area contributed by atoms with Crippen molar-refractivity contribution < 1.29 is 13.9 Å². The topological polar surface area (TPSA) is 58.6 Å². The molecule has 1 aliphatic heterocycles. The number of halogens is 1. The molecule has 1 aromatic heterocycles. The number of piperazine rings is 1. The molecule has 2 fully saturated rings. The molecule has 1 aromatic carbocycles. The standard InChI is InChI=1S/C21H25FN4O2/c1-28-18-8-11-23-20(24-18)26-14-12-25(13-15-26)19(27)21(9-4-5-10-21)16-6-2-3-7-17(16)22/h2-3,6-8,11H,4-5,9-10,12-15H2,1H3. The molecule has 4 rings (SSSR count). The van der Waals surface area contributed by atoms with Crippen LogP contribution in [0, 0.1) is 5.82 Å². The first-order valence-corrected chi connectivity index (χ1v) is 9.80. The van der Waals surface area contributed by atoms with Crippen molar-refractivity contribution in [1.29, 1.82) is 0 Å². The molecule has 1 amide bonds. The van der Waals surface area contributed by atoms with E-state index in [-0.39, 0.29) is 11.7 Å². The van der Waals surface area contributed by atoms with Gasteiger partial charge in [-0.25, -0.2) is 9.37 Å². The van der Waals surface area contributed by atoms with Gasteiger partial charge in [0.2, 0.25) is 17.7 Å². The van der Waals surface area contributed by atoms with Gasteiger partial charge < -0.3 is 14.5 Å². The van der Waals surface area contributed by atoms with Crippen LogP contribution in [0.5, 0.6) is 5.88 Å². The summed E-state index contributed by atoms with van der Waals surface area (Å²) in [5, 5.41) is 0. The van der Waals surface area contributed by atoms with E-state index in [1.165, 1.54) is 6.07 Å². The van der Waals surface area contributed by atoms with Gasteiger partial charge in [-0.2, -0.15) is 4.98 Å². The van der Waals surface area contributed by atoms with Crippen LogP contribution in [0.25, 0.3) is 0 Å². The van der Waals surface area contributed by atoms with E-state index in [9.17, 15) is 9.18 Å². The summed E-state index contributed by atoms with van der Waals surface area (Å²) >= 11 is 0. The van der Waals surface area contributed by atoms with E-state index in [1.807, 2.05) is 11.0 Å². The van der Waals surface area contributed by atoms with Crippen LogP contribution in [-0.4, -0.2) is 54.1 Å². The van der Waals surface area contributed by atoms with Crippen molar-refractivity contribution in [3.05, 3.63) is 47.9 Å². The maximum Gasteiger partial charge on any atom is 0.233 e. The van der Waals surface area contributed by atoms with E-state index in [1.54, 1.807) is 31.5 Å². The fraction of sp³-hybridized carbons (Fsp3) is 0.476. The average molecular weight is 384 g/mol. The summed E-state index contributed by atoms with van der Waals surface area (Å²) in [5.41, 5.74) is -0.170. The molecule has 1 aliphatic carbocycles. The third-order valence-electron chi connectivity index (χ3n) is 5.93. The van der Waals surface area contributed by atoms with Crippen LogP contribution in [0.3, 0.4) is 0 Å². The fourth-order valence-corrected chi connectivity index (χ4v) is 4.44. The third kappa shape index (κ3) is 3.30. The number of rotatable bonds is 4. The second-order valence-corrected chi connectivity index (χ2v) is 7.45. The van der Waals surface area contributed by atoms with Crippen LogP contribution in [0.2, 0.25) is 0 Å². The van der Waals surface area contributed by atoms with Crippen LogP contribution < -0.4 is 9.64 Å². The van der Waals surface area contributed by atoms with Crippen molar-refractivity contribution in [3.8, 4) is 5.88 Å². The van der Waals surface area contributed by atoms with Crippen molar-refractivity contribution in [2.45, 2.75) is 31.1 Å². The summed E-state index contributed by atoms with van der Waals surface area (Å²) < 4.78 is 19.7. The van der Waals surface area contributed by atoms with Gasteiger partial charge in [0.25, 0.3) is 0 Å². The SMILES string of the molecule is COc1ccnc(N2CCN(C(=O)C3(c4ccccc4F)CCCC3)CC2)n1. The van der Waals surface area contributed by atoms with Crippen LogP contribution in [0.15, 0.2) is 36.5 Å². The van der Waals surface area contributed by atoms with Crippen LogP contribution >= 0.6 is 0 Å². The number of anilines is 1. The number of aromatic nitrogens is 2. The van der Waals surface area contributed by atoms with Gasteiger partial charge in [0.15, 0.2) is 0 Å². The minimum atomic E-state index is -0.722. The Balaban J connectivity index is 1.50. The van der Waals surface area contributed by atoms with E-state index in [0.29, 0.717) is 56.4 Å². The Kier molecular flexibility index (Phi) is 5.15. The normalized spacial score (nSPS) is 18.9. The number of amides is 1. The summed E-state index contributed by atoms with van der Waals surface area (Å²) in [7, 11) is 1.58. The summed E-state index contributed by atoms with van der Waals surface area (Å²) in [4.78, 5) is 26.1. The zero-order chi connectivity index (χ0) is 19.6. The molecule has 1 saturated heterocycles. The zero-order valence-corrected chi connectivity index (χ0v) is 16.1. The van der Waals surface area contributed by atoms with Gasteiger partial charge in [0, 0.05) is 44.0 Å². The largest absolute Gasteiger partial charge is 0.481 e. The molecule has 2 aromatic rings. The van der Waals surface area contributed by atoms with Crippen LogP contribution in [-0.2, 0) is 10.2 Å². The van der Waals surface area contributed by atoms with Gasteiger partial charge in [-0.05, 0) is 18.9 Å². The highest BCUT2D eigenvalue weighted by atomic mass is 19.1. The molecule has 148 valence electrons. The van der Waals surface area contributed by atoms with Crippen LogP contribution in [0.4, 0.5) is 10.3 Å². The van der Waals surface area contributed by atoms with E-state index < -0.39 is 5.41 Å². The maximum absolute atomic E-state index is 14.6. The molecular formula is C21H25FN4O2. The van der Waals surface area contributed by atoms with Gasteiger partial charge in [0.1, 0.15) is 5.82 Å². The van der Waals surface area contributed by atoms with Gasteiger partial charge in [-0.15, -0.1) is 0 Å². The highest BCUT2D eigenvalue weighted by molar-refractivity contribution is 5.89. The lowest BCUT2D eigenvalue weighted by Crippen LogP contribution is -2.54. The second kappa shape index (κ2) is 7.73.